The van der Waals surface area contributed by atoms with Crippen molar-refractivity contribution in [1.29, 1.82) is 0 Å². The van der Waals surface area contributed by atoms with Crippen molar-refractivity contribution < 1.29 is 9.90 Å². The molecule has 2 aromatic carbocycles. The quantitative estimate of drug-likeness (QED) is 0.648. The summed E-state index contributed by atoms with van der Waals surface area (Å²) in [6.07, 6.45) is 1.56. The standard InChI is InChI=1S/C22H23ClN2O2S/c23-20-18-3-1-2-4-19(18)28-21(20)22(27)24-13-15-5-7-16(8-6-15)14-25-11-9-17(26)10-12-25/h1-8,17,26H,9-14H2,(H,24,27). The monoisotopic (exact) mass is 414 g/mol. The number of hydrogen-bond donors (Lipinski definition) is 2. The van der Waals surface area contributed by atoms with Crippen LogP contribution in [0.2, 0.25) is 5.02 Å². The number of piperidine rings is 1. The molecule has 1 saturated heterocycles. The van der Waals surface area contributed by atoms with E-state index >= 15 is 0 Å². The van der Waals surface area contributed by atoms with Crippen LogP contribution in [-0.4, -0.2) is 35.1 Å². The Balaban J connectivity index is 1.34. The normalized spacial score (nSPS) is 15.8. The summed E-state index contributed by atoms with van der Waals surface area (Å²) in [4.78, 5) is 15.5. The maximum absolute atomic E-state index is 12.6. The van der Waals surface area contributed by atoms with Crippen LogP contribution in [0.1, 0.15) is 33.6 Å². The van der Waals surface area contributed by atoms with Gasteiger partial charge in [0.2, 0.25) is 0 Å². The second-order valence-electron chi connectivity index (χ2n) is 7.25. The molecule has 0 bridgehead atoms. The molecule has 2 heterocycles. The second-order valence-corrected chi connectivity index (χ2v) is 8.68. The highest BCUT2D eigenvalue weighted by Crippen LogP contribution is 2.35. The van der Waals surface area contributed by atoms with E-state index in [1.165, 1.54) is 16.9 Å². The topological polar surface area (TPSA) is 52.6 Å². The van der Waals surface area contributed by atoms with Crippen LogP contribution >= 0.6 is 22.9 Å². The largest absolute Gasteiger partial charge is 0.393 e. The number of fused-ring (bicyclic) bond motifs is 1. The highest BCUT2D eigenvalue weighted by Gasteiger charge is 2.18. The van der Waals surface area contributed by atoms with Crippen molar-refractivity contribution in [2.45, 2.75) is 32.0 Å². The number of nitrogens with zero attached hydrogens (tertiary/aromatic N) is 1. The Morgan fingerprint density at radius 1 is 1.11 bits per heavy atom. The van der Waals surface area contributed by atoms with Crippen LogP contribution in [0.15, 0.2) is 48.5 Å². The van der Waals surface area contributed by atoms with E-state index in [1.807, 2.05) is 24.3 Å². The van der Waals surface area contributed by atoms with E-state index < -0.39 is 0 Å². The Labute approximate surface area is 173 Å². The molecular formula is C22H23ClN2O2S. The SMILES string of the molecule is O=C(NCc1ccc(CN2CCC(O)CC2)cc1)c1sc2ccccc2c1Cl. The van der Waals surface area contributed by atoms with Gasteiger partial charge in [-0.3, -0.25) is 9.69 Å². The molecule has 2 N–H and O–H groups in total. The molecule has 1 aromatic heterocycles. The van der Waals surface area contributed by atoms with Crippen molar-refractivity contribution in [3.63, 3.8) is 0 Å². The molecule has 146 valence electrons. The lowest BCUT2D eigenvalue weighted by atomic mass is 10.1. The highest BCUT2D eigenvalue weighted by atomic mass is 35.5. The molecule has 1 fully saturated rings. The molecule has 3 aromatic rings. The molecule has 0 atom stereocenters. The van der Waals surface area contributed by atoms with Crippen LogP contribution in [0.25, 0.3) is 10.1 Å². The number of carbonyl (C=O) groups is 1. The molecule has 4 nitrogen and oxygen atoms in total. The molecule has 6 heteroatoms. The van der Waals surface area contributed by atoms with E-state index in [0.29, 0.717) is 16.4 Å². The molecule has 0 unspecified atom stereocenters. The van der Waals surface area contributed by atoms with E-state index in [4.69, 9.17) is 11.6 Å². The number of rotatable bonds is 5. The van der Waals surface area contributed by atoms with Gasteiger partial charge in [0.25, 0.3) is 5.91 Å². The van der Waals surface area contributed by atoms with Gasteiger partial charge < -0.3 is 10.4 Å². The summed E-state index contributed by atoms with van der Waals surface area (Å²) in [5.41, 5.74) is 2.31. The molecule has 0 spiro atoms. The predicted octanol–water partition coefficient (Wildman–Crippen LogP) is 4.44. The van der Waals surface area contributed by atoms with Crippen molar-refractivity contribution in [2.24, 2.45) is 0 Å². The molecule has 1 aliphatic rings. The summed E-state index contributed by atoms with van der Waals surface area (Å²) in [6, 6.07) is 16.1. The smallest absolute Gasteiger partial charge is 0.263 e. The molecular weight excluding hydrogens is 392 g/mol. The first-order valence-electron chi connectivity index (χ1n) is 9.53. The first kappa shape index (κ1) is 19.4. The van der Waals surface area contributed by atoms with Crippen molar-refractivity contribution in [1.82, 2.24) is 10.2 Å². The van der Waals surface area contributed by atoms with Crippen molar-refractivity contribution in [3.05, 3.63) is 69.6 Å². The number of aliphatic hydroxyl groups is 1. The summed E-state index contributed by atoms with van der Waals surface area (Å²) < 4.78 is 1.02. The Morgan fingerprint density at radius 2 is 1.79 bits per heavy atom. The zero-order valence-electron chi connectivity index (χ0n) is 15.5. The van der Waals surface area contributed by atoms with Gasteiger partial charge in [0.05, 0.1) is 11.1 Å². The van der Waals surface area contributed by atoms with Gasteiger partial charge in [0.1, 0.15) is 4.88 Å². The number of nitrogens with one attached hydrogen (secondary N) is 1. The maximum Gasteiger partial charge on any atom is 0.263 e. The summed E-state index contributed by atoms with van der Waals surface area (Å²) >= 11 is 7.81. The van der Waals surface area contributed by atoms with Crippen LogP contribution in [0.3, 0.4) is 0 Å². The highest BCUT2D eigenvalue weighted by molar-refractivity contribution is 7.21. The van der Waals surface area contributed by atoms with Crippen LogP contribution in [0.5, 0.6) is 0 Å². The average Bonchev–Trinajstić information content (AvgIpc) is 3.06. The molecule has 28 heavy (non-hydrogen) atoms. The van der Waals surface area contributed by atoms with Gasteiger partial charge in [-0.1, -0.05) is 54.1 Å². The summed E-state index contributed by atoms with van der Waals surface area (Å²) in [7, 11) is 0. The number of halogens is 1. The first-order chi connectivity index (χ1) is 13.6. The van der Waals surface area contributed by atoms with Crippen LogP contribution in [0.4, 0.5) is 0 Å². The van der Waals surface area contributed by atoms with E-state index in [2.05, 4.69) is 34.5 Å². The predicted molar refractivity (Wildman–Crippen MR) is 115 cm³/mol. The number of amides is 1. The lowest BCUT2D eigenvalue weighted by Crippen LogP contribution is -2.35. The molecule has 1 aliphatic heterocycles. The summed E-state index contributed by atoms with van der Waals surface area (Å²) in [5.74, 6) is -0.137. The minimum atomic E-state index is -0.142. The van der Waals surface area contributed by atoms with Crippen LogP contribution in [-0.2, 0) is 13.1 Å². The number of carbonyl (C=O) groups excluding carboxylic acids is 1. The van der Waals surface area contributed by atoms with Gasteiger partial charge in [0.15, 0.2) is 0 Å². The Morgan fingerprint density at radius 3 is 2.50 bits per heavy atom. The molecule has 0 radical (unpaired) electrons. The Kier molecular flexibility index (Phi) is 5.97. The van der Waals surface area contributed by atoms with E-state index in [1.54, 1.807) is 0 Å². The van der Waals surface area contributed by atoms with E-state index in [-0.39, 0.29) is 12.0 Å². The number of aliphatic hydroxyl groups excluding tert-OH is 1. The lowest BCUT2D eigenvalue weighted by molar-refractivity contribution is 0.0792. The van der Waals surface area contributed by atoms with Gasteiger partial charge >= 0.3 is 0 Å². The van der Waals surface area contributed by atoms with Gasteiger partial charge in [-0.15, -0.1) is 11.3 Å². The average molecular weight is 415 g/mol. The lowest BCUT2D eigenvalue weighted by Gasteiger charge is -2.29. The molecule has 0 saturated carbocycles. The zero-order chi connectivity index (χ0) is 19.5. The third-order valence-corrected chi connectivity index (χ3v) is 6.85. The maximum atomic E-state index is 12.6. The summed E-state index contributed by atoms with van der Waals surface area (Å²) in [6.45, 7) is 3.25. The second kappa shape index (κ2) is 8.62. The van der Waals surface area contributed by atoms with Gasteiger partial charge in [0, 0.05) is 36.3 Å². The molecule has 1 amide bonds. The number of likely N-dealkylation sites (tertiary alicyclic amines) is 1. The fourth-order valence-electron chi connectivity index (χ4n) is 3.52. The summed E-state index contributed by atoms with van der Waals surface area (Å²) in [5, 5.41) is 14.0. The minimum absolute atomic E-state index is 0.137. The first-order valence-corrected chi connectivity index (χ1v) is 10.7. The van der Waals surface area contributed by atoms with Crippen molar-refractivity contribution in [2.75, 3.05) is 13.1 Å². The van der Waals surface area contributed by atoms with Crippen LogP contribution in [0, 0.1) is 0 Å². The van der Waals surface area contributed by atoms with Gasteiger partial charge in [-0.25, -0.2) is 0 Å². The van der Waals surface area contributed by atoms with Gasteiger partial charge in [-0.2, -0.15) is 0 Å². The number of benzene rings is 2. The van der Waals surface area contributed by atoms with E-state index in [0.717, 1.165) is 48.1 Å². The molecule has 0 aliphatic carbocycles. The Hall–Kier alpha value is -1.92. The third kappa shape index (κ3) is 4.39. The third-order valence-electron chi connectivity index (χ3n) is 5.18. The van der Waals surface area contributed by atoms with Gasteiger partial charge in [-0.05, 0) is 30.0 Å². The van der Waals surface area contributed by atoms with E-state index in [9.17, 15) is 9.90 Å². The fraction of sp³-hybridized carbons (Fsp3) is 0.318. The van der Waals surface area contributed by atoms with Crippen molar-refractivity contribution >= 4 is 38.9 Å². The molecule has 4 rings (SSSR count). The Bertz CT molecular complexity index is 962. The zero-order valence-corrected chi connectivity index (χ0v) is 17.1. The minimum Gasteiger partial charge on any atom is -0.393 e. The fourth-order valence-corrected chi connectivity index (χ4v) is 4.95. The number of thiophene rings is 1. The number of hydrogen-bond acceptors (Lipinski definition) is 4. The van der Waals surface area contributed by atoms with Crippen LogP contribution < -0.4 is 5.32 Å². The van der Waals surface area contributed by atoms with Crippen molar-refractivity contribution in [3.8, 4) is 0 Å².